The molecule has 0 saturated carbocycles. The minimum atomic E-state index is 0.446. The second-order valence-corrected chi connectivity index (χ2v) is 6.53. The summed E-state index contributed by atoms with van der Waals surface area (Å²) in [5, 5.41) is 0. The van der Waals surface area contributed by atoms with E-state index in [1.54, 1.807) is 7.11 Å². The van der Waals surface area contributed by atoms with Gasteiger partial charge in [-0.1, -0.05) is 22.4 Å². The Balaban J connectivity index is 2.15. The van der Waals surface area contributed by atoms with Crippen LogP contribution in [0.3, 0.4) is 0 Å². The maximum Gasteiger partial charge on any atom is 0.0600 e. The van der Waals surface area contributed by atoms with Gasteiger partial charge in [0, 0.05) is 19.7 Å². The van der Waals surface area contributed by atoms with Gasteiger partial charge in [0.15, 0.2) is 0 Å². The molecule has 0 N–H and O–H groups in total. The van der Waals surface area contributed by atoms with E-state index in [1.165, 1.54) is 38.8 Å². The van der Waals surface area contributed by atoms with Crippen molar-refractivity contribution in [3.63, 3.8) is 0 Å². The van der Waals surface area contributed by atoms with Crippen LogP contribution in [0.2, 0.25) is 0 Å². The van der Waals surface area contributed by atoms with Crippen LogP contribution in [0.5, 0.6) is 0 Å². The summed E-state index contributed by atoms with van der Waals surface area (Å²) in [5.74, 6) is 0. The summed E-state index contributed by atoms with van der Waals surface area (Å²) in [7, 11) is 6.22. The Morgan fingerprint density at radius 3 is 2.88 bits per heavy atom. The average Bonchev–Trinajstić information content (AvgIpc) is 2.28. The fourth-order valence-corrected chi connectivity index (χ4v) is 3.30. The van der Waals surface area contributed by atoms with E-state index in [2.05, 4.69) is 39.8 Å². The highest BCUT2D eigenvalue weighted by Gasteiger charge is 2.19. The summed E-state index contributed by atoms with van der Waals surface area (Å²) in [6.45, 7) is 4.30. The van der Waals surface area contributed by atoms with E-state index in [-0.39, 0.29) is 0 Å². The highest BCUT2D eigenvalue weighted by atomic mass is 79.9. The Morgan fingerprint density at radius 2 is 2.24 bits per heavy atom. The summed E-state index contributed by atoms with van der Waals surface area (Å²) in [4.78, 5) is 5.38. The lowest BCUT2D eigenvalue weighted by Crippen LogP contribution is -2.39. The minimum absolute atomic E-state index is 0.446. The number of nitrogens with zero attached hydrogens (tertiary/aromatic N) is 2. The molecule has 0 aromatic carbocycles. The summed E-state index contributed by atoms with van der Waals surface area (Å²) < 4.78 is 5.13. The number of rotatable bonds is 7. The van der Waals surface area contributed by atoms with Gasteiger partial charge < -0.3 is 14.5 Å². The van der Waals surface area contributed by atoms with E-state index in [1.807, 2.05) is 0 Å². The lowest BCUT2D eigenvalue weighted by atomic mass is 10.00. The number of piperidine rings is 1. The molecule has 17 heavy (non-hydrogen) atoms. The SMILES string of the molecule is COCC(Br)CN(C)CCC1CCCCN1C. The second kappa shape index (κ2) is 8.46. The Labute approximate surface area is 115 Å². The molecule has 0 aromatic heterocycles. The number of hydrogen-bond acceptors (Lipinski definition) is 3. The summed E-state index contributed by atoms with van der Waals surface area (Å²) in [6, 6.07) is 0.794. The van der Waals surface area contributed by atoms with Crippen molar-refractivity contribution < 1.29 is 4.74 Å². The molecule has 2 atom stereocenters. The number of halogens is 1. The molecule has 3 nitrogen and oxygen atoms in total. The first-order valence-electron chi connectivity index (χ1n) is 6.65. The van der Waals surface area contributed by atoms with Gasteiger partial charge >= 0.3 is 0 Å². The molecule has 1 aliphatic heterocycles. The van der Waals surface area contributed by atoms with Gasteiger partial charge in [-0.15, -0.1) is 0 Å². The van der Waals surface area contributed by atoms with Crippen molar-refractivity contribution in [1.82, 2.24) is 9.80 Å². The summed E-state index contributed by atoms with van der Waals surface area (Å²) in [5.41, 5.74) is 0. The van der Waals surface area contributed by atoms with E-state index < -0.39 is 0 Å². The minimum Gasteiger partial charge on any atom is -0.383 e. The maximum absolute atomic E-state index is 5.13. The molecule has 1 aliphatic rings. The van der Waals surface area contributed by atoms with Gasteiger partial charge in [0.1, 0.15) is 0 Å². The number of hydrogen-bond donors (Lipinski definition) is 0. The highest BCUT2D eigenvalue weighted by Crippen LogP contribution is 2.18. The van der Waals surface area contributed by atoms with E-state index in [9.17, 15) is 0 Å². The van der Waals surface area contributed by atoms with Gasteiger partial charge in [-0.3, -0.25) is 0 Å². The van der Waals surface area contributed by atoms with Gasteiger partial charge in [-0.05, 0) is 46.4 Å². The smallest absolute Gasteiger partial charge is 0.0600 e. The van der Waals surface area contributed by atoms with Gasteiger partial charge in [0.05, 0.1) is 11.4 Å². The predicted molar refractivity (Wildman–Crippen MR) is 77.0 cm³/mol. The zero-order chi connectivity index (χ0) is 12.7. The van der Waals surface area contributed by atoms with Crippen LogP contribution < -0.4 is 0 Å². The first kappa shape index (κ1) is 15.4. The van der Waals surface area contributed by atoms with Crippen LogP contribution >= 0.6 is 15.9 Å². The van der Waals surface area contributed by atoms with Crippen molar-refractivity contribution in [3.8, 4) is 0 Å². The first-order chi connectivity index (χ1) is 8.13. The van der Waals surface area contributed by atoms with Crippen molar-refractivity contribution >= 4 is 15.9 Å². The van der Waals surface area contributed by atoms with Crippen LogP contribution in [0.15, 0.2) is 0 Å². The van der Waals surface area contributed by atoms with E-state index >= 15 is 0 Å². The molecule has 0 amide bonds. The van der Waals surface area contributed by atoms with Crippen LogP contribution in [0.1, 0.15) is 25.7 Å². The molecular weight excluding hydrogens is 280 g/mol. The molecule has 1 rings (SSSR count). The van der Waals surface area contributed by atoms with Gasteiger partial charge in [-0.25, -0.2) is 0 Å². The number of ether oxygens (including phenoxy) is 1. The highest BCUT2D eigenvalue weighted by molar-refractivity contribution is 9.09. The van der Waals surface area contributed by atoms with Gasteiger partial charge in [-0.2, -0.15) is 0 Å². The third-order valence-electron chi connectivity index (χ3n) is 3.62. The molecule has 0 aromatic rings. The molecule has 0 bridgehead atoms. The van der Waals surface area contributed by atoms with Crippen molar-refractivity contribution in [2.45, 2.75) is 36.6 Å². The van der Waals surface area contributed by atoms with Crippen molar-refractivity contribution in [2.24, 2.45) is 0 Å². The summed E-state index contributed by atoms with van der Waals surface area (Å²) >= 11 is 3.64. The van der Waals surface area contributed by atoms with E-state index in [4.69, 9.17) is 4.74 Å². The Hall–Kier alpha value is 0.360. The zero-order valence-electron chi connectivity index (χ0n) is 11.5. The molecule has 1 fully saturated rings. The maximum atomic E-state index is 5.13. The topological polar surface area (TPSA) is 15.7 Å². The Bertz CT molecular complexity index is 204. The average molecular weight is 307 g/mol. The molecule has 102 valence electrons. The molecule has 4 heteroatoms. The van der Waals surface area contributed by atoms with Crippen molar-refractivity contribution in [1.29, 1.82) is 0 Å². The van der Waals surface area contributed by atoms with Crippen LogP contribution in [-0.4, -0.2) is 68.1 Å². The monoisotopic (exact) mass is 306 g/mol. The molecular formula is C13H27BrN2O. The fraction of sp³-hybridized carbons (Fsp3) is 1.00. The standard InChI is InChI=1S/C13H27BrN2O/c1-15(10-12(14)11-17-3)9-7-13-6-4-5-8-16(13)2/h12-13H,4-11H2,1-3H3. The molecule has 0 spiro atoms. The van der Waals surface area contributed by atoms with E-state index in [0.29, 0.717) is 4.83 Å². The summed E-state index contributed by atoms with van der Waals surface area (Å²) in [6.07, 6.45) is 5.45. The predicted octanol–water partition coefficient (Wildman–Crippen LogP) is 2.20. The lowest BCUT2D eigenvalue weighted by Gasteiger charge is -2.33. The Morgan fingerprint density at radius 1 is 1.47 bits per heavy atom. The van der Waals surface area contributed by atoms with Crippen LogP contribution in [0, 0.1) is 0 Å². The number of methoxy groups -OCH3 is 1. The van der Waals surface area contributed by atoms with Crippen molar-refractivity contribution in [3.05, 3.63) is 0 Å². The number of alkyl halides is 1. The molecule has 1 heterocycles. The van der Waals surface area contributed by atoms with E-state index in [0.717, 1.165) is 19.2 Å². The quantitative estimate of drug-likeness (QED) is 0.671. The van der Waals surface area contributed by atoms with Crippen LogP contribution in [-0.2, 0) is 4.74 Å². The molecule has 1 saturated heterocycles. The van der Waals surface area contributed by atoms with Crippen LogP contribution in [0.4, 0.5) is 0 Å². The Kier molecular flexibility index (Phi) is 7.67. The number of likely N-dealkylation sites (tertiary alicyclic amines) is 1. The molecule has 2 unspecified atom stereocenters. The van der Waals surface area contributed by atoms with Crippen LogP contribution in [0.25, 0.3) is 0 Å². The van der Waals surface area contributed by atoms with Crippen molar-refractivity contribution in [2.75, 3.05) is 47.4 Å². The van der Waals surface area contributed by atoms with Gasteiger partial charge in [0.25, 0.3) is 0 Å². The zero-order valence-corrected chi connectivity index (χ0v) is 13.1. The third-order valence-corrected chi connectivity index (χ3v) is 4.18. The van der Waals surface area contributed by atoms with Gasteiger partial charge in [0.2, 0.25) is 0 Å². The second-order valence-electron chi connectivity index (χ2n) is 5.23. The first-order valence-corrected chi connectivity index (χ1v) is 7.57. The molecule has 0 radical (unpaired) electrons. The largest absolute Gasteiger partial charge is 0.383 e. The third kappa shape index (κ3) is 6.18. The lowest BCUT2D eigenvalue weighted by molar-refractivity contribution is 0.154. The molecule has 0 aliphatic carbocycles. The normalized spacial score (nSPS) is 24.2. The fourth-order valence-electron chi connectivity index (χ4n) is 2.54.